The molecule has 0 amide bonds. The Morgan fingerprint density at radius 3 is 1.33 bits per heavy atom. The van der Waals surface area contributed by atoms with E-state index >= 15 is 0 Å². The van der Waals surface area contributed by atoms with E-state index < -0.39 is 6.16 Å². The Balaban J connectivity index is -0.0000000450. The molecule has 0 rings (SSSR count). The molecule has 6 heavy (non-hydrogen) atoms. The van der Waals surface area contributed by atoms with Crippen LogP contribution in [0.3, 0.4) is 0 Å². The Kier molecular flexibility index (Phi) is 26.0. The summed E-state index contributed by atoms with van der Waals surface area (Å²) in [7, 11) is 0. The van der Waals surface area contributed by atoms with Crippen LogP contribution in [0.25, 0.3) is 0 Å². The van der Waals surface area contributed by atoms with Crippen LogP contribution in [0.4, 0.5) is 4.79 Å². The summed E-state index contributed by atoms with van der Waals surface area (Å²) in [6, 6.07) is 0. The maximum atomic E-state index is 8.56. The molecule has 0 atom stereocenters. The molecular formula is CH2LaO3Pr. The summed E-state index contributed by atoms with van der Waals surface area (Å²) in [5.74, 6) is 0. The zero-order chi connectivity index (χ0) is 3.58. The Labute approximate surface area is 96.0 Å². The number of hydrogen-bond donors (Lipinski definition) is 2. The molecule has 2 N–H and O–H groups in total. The van der Waals surface area contributed by atoms with Crippen molar-refractivity contribution in [3.63, 3.8) is 0 Å². The largest absolute Gasteiger partial charge is 0.503 e. The first-order valence-electron chi connectivity index (χ1n) is 0.651. The molecule has 0 aliphatic rings. The van der Waals surface area contributed by atoms with Crippen molar-refractivity contribution < 1.29 is 91.9 Å². The fourth-order valence-corrected chi connectivity index (χ4v) is 0. The molecule has 0 fully saturated rings. The van der Waals surface area contributed by atoms with Gasteiger partial charge in [-0.3, -0.25) is 0 Å². The standard InChI is InChI=1S/CH2O3.La.Pr/c2-1(3)4;;/h(H2,2,3,4);;. The van der Waals surface area contributed by atoms with Gasteiger partial charge in [0.25, 0.3) is 0 Å². The normalized spacial score (nSPS) is 4.00. The van der Waals surface area contributed by atoms with Gasteiger partial charge in [-0.1, -0.05) is 0 Å². The SMILES string of the molecule is O=C(O)O.[La].[Pr]. The van der Waals surface area contributed by atoms with E-state index in [9.17, 15) is 0 Å². The fourth-order valence-electron chi connectivity index (χ4n) is 0. The van der Waals surface area contributed by atoms with E-state index in [1.807, 2.05) is 0 Å². The van der Waals surface area contributed by atoms with E-state index in [1.165, 1.54) is 0 Å². The van der Waals surface area contributed by atoms with Gasteiger partial charge in [0.15, 0.2) is 0 Å². The number of hydrogen-bond acceptors (Lipinski definition) is 1. The maximum Gasteiger partial charge on any atom is 0.503 e. The summed E-state index contributed by atoms with van der Waals surface area (Å²) >= 11 is 0. The summed E-state index contributed by atoms with van der Waals surface area (Å²) in [6.45, 7) is 0. The van der Waals surface area contributed by atoms with Gasteiger partial charge in [0, 0.05) is 76.9 Å². The second-order valence-electron chi connectivity index (χ2n) is 0.283. The Morgan fingerprint density at radius 1 is 1.33 bits per heavy atom. The zero-order valence-electron chi connectivity index (χ0n) is 2.96. The molecule has 3 nitrogen and oxygen atoms in total. The minimum absolute atomic E-state index is 0. The van der Waals surface area contributed by atoms with Crippen LogP contribution < -0.4 is 0 Å². The summed E-state index contributed by atoms with van der Waals surface area (Å²) in [6.07, 6.45) is -1.83. The van der Waals surface area contributed by atoms with Gasteiger partial charge in [-0.2, -0.15) is 0 Å². The van der Waals surface area contributed by atoms with Crippen molar-refractivity contribution in [2.75, 3.05) is 0 Å². The van der Waals surface area contributed by atoms with Gasteiger partial charge in [-0.15, -0.1) is 0 Å². The first-order chi connectivity index (χ1) is 1.73. The number of rotatable bonds is 0. The third-order valence-corrected chi connectivity index (χ3v) is 0. The van der Waals surface area contributed by atoms with Crippen molar-refractivity contribution in [1.82, 2.24) is 0 Å². The van der Waals surface area contributed by atoms with Crippen LogP contribution in [0.1, 0.15) is 0 Å². The Morgan fingerprint density at radius 2 is 1.33 bits per heavy atom. The van der Waals surface area contributed by atoms with Crippen LogP contribution >= 0.6 is 0 Å². The van der Waals surface area contributed by atoms with Crippen LogP contribution in [0, 0.1) is 76.9 Å². The van der Waals surface area contributed by atoms with Gasteiger partial charge in [0.2, 0.25) is 0 Å². The Bertz CT molecular complexity index is 33.8. The first kappa shape index (κ1) is 15.7. The van der Waals surface area contributed by atoms with E-state index in [-0.39, 0.29) is 76.9 Å². The summed E-state index contributed by atoms with van der Waals surface area (Å²) in [4.78, 5) is 8.56. The van der Waals surface area contributed by atoms with Gasteiger partial charge in [0.05, 0.1) is 0 Å². The van der Waals surface area contributed by atoms with Crippen molar-refractivity contribution >= 4 is 6.16 Å². The molecule has 0 aromatic heterocycles. The molecule has 0 aliphatic carbocycles. The number of carboxylic acid groups (broad SMARTS) is 2. The Hall–Kier alpha value is 1.83. The second-order valence-corrected chi connectivity index (χ2v) is 0.283. The summed E-state index contributed by atoms with van der Waals surface area (Å²) in [5.41, 5.74) is 0. The number of carbonyl (C=O) groups is 1. The molecule has 0 saturated carbocycles. The molecule has 0 bridgehead atoms. The molecule has 0 aliphatic heterocycles. The molecule has 0 aromatic rings. The molecule has 0 spiro atoms. The van der Waals surface area contributed by atoms with Gasteiger partial charge in [0.1, 0.15) is 0 Å². The van der Waals surface area contributed by atoms with E-state index in [2.05, 4.69) is 0 Å². The molecule has 0 saturated heterocycles. The molecule has 0 heterocycles. The molecule has 5 heteroatoms. The van der Waals surface area contributed by atoms with Crippen molar-refractivity contribution in [2.24, 2.45) is 0 Å². The van der Waals surface area contributed by atoms with Crippen molar-refractivity contribution in [2.45, 2.75) is 0 Å². The minimum atomic E-state index is -1.83. The third-order valence-electron chi connectivity index (χ3n) is 0. The topological polar surface area (TPSA) is 57.5 Å². The van der Waals surface area contributed by atoms with Crippen LogP contribution in [0.2, 0.25) is 0 Å². The molecule has 30 valence electrons. The van der Waals surface area contributed by atoms with Crippen molar-refractivity contribution in [1.29, 1.82) is 0 Å². The molecule has 2 radical (unpaired) electrons. The van der Waals surface area contributed by atoms with Gasteiger partial charge >= 0.3 is 6.16 Å². The predicted octanol–water partition coefficient (Wildman–Crippen LogP) is 0.222. The third kappa shape index (κ3) is 40.6. The minimum Gasteiger partial charge on any atom is -0.450 e. The predicted molar refractivity (Wildman–Crippen MR) is 10.7 cm³/mol. The van der Waals surface area contributed by atoms with Crippen LogP contribution in [-0.2, 0) is 0 Å². The molecular weight excluding hydrogens is 340 g/mol. The molecule has 0 aromatic carbocycles. The average Bonchev–Trinajstić information content (AvgIpc) is 0.811. The molecule has 0 unspecified atom stereocenters. The van der Waals surface area contributed by atoms with Crippen molar-refractivity contribution in [3.8, 4) is 0 Å². The van der Waals surface area contributed by atoms with E-state index in [1.54, 1.807) is 0 Å². The van der Waals surface area contributed by atoms with Crippen molar-refractivity contribution in [3.05, 3.63) is 0 Å². The summed E-state index contributed by atoms with van der Waals surface area (Å²) in [5, 5.41) is 13.9. The van der Waals surface area contributed by atoms with E-state index in [0.717, 1.165) is 0 Å². The van der Waals surface area contributed by atoms with Crippen LogP contribution in [0.15, 0.2) is 0 Å². The second kappa shape index (κ2) is 9.95. The maximum absolute atomic E-state index is 8.56. The first-order valence-corrected chi connectivity index (χ1v) is 0.651. The van der Waals surface area contributed by atoms with Crippen LogP contribution in [-0.4, -0.2) is 16.4 Å². The quantitative estimate of drug-likeness (QED) is 0.663. The fraction of sp³-hybridized carbons (Fsp3) is 0. The van der Waals surface area contributed by atoms with Gasteiger partial charge in [-0.05, 0) is 0 Å². The van der Waals surface area contributed by atoms with Gasteiger partial charge < -0.3 is 10.2 Å². The average molecular weight is 342 g/mol. The van der Waals surface area contributed by atoms with E-state index in [4.69, 9.17) is 15.0 Å². The van der Waals surface area contributed by atoms with Gasteiger partial charge in [-0.25, -0.2) is 4.79 Å². The smallest absolute Gasteiger partial charge is 0.450 e. The zero-order valence-corrected chi connectivity index (χ0v) is 10.3. The van der Waals surface area contributed by atoms with Crippen LogP contribution in [0.5, 0.6) is 0 Å². The monoisotopic (exact) mass is 342 g/mol. The van der Waals surface area contributed by atoms with E-state index in [0.29, 0.717) is 0 Å². The summed E-state index contributed by atoms with van der Waals surface area (Å²) < 4.78 is 0.